The molecule has 0 saturated carbocycles. The van der Waals surface area contributed by atoms with E-state index in [2.05, 4.69) is 0 Å². The first-order valence-corrected chi connectivity index (χ1v) is 9.53. The number of amides is 1. The smallest absolute Gasteiger partial charge is 0.273 e. The van der Waals surface area contributed by atoms with Gasteiger partial charge in [-0.1, -0.05) is 23.8 Å². The summed E-state index contributed by atoms with van der Waals surface area (Å²) < 4.78 is 27.2. The maximum absolute atomic E-state index is 13.2. The number of aliphatic hydroxyl groups is 1. The molecule has 25 heavy (non-hydrogen) atoms. The van der Waals surface area contributed by atoms with Crippen LogP contribution in [-0.2, 0) is 19.6 Å². The van der Waals surface area contributed by atoms with Crippen molar-refractivity contribution in [3.05, 3.63) is 41.0 Å². The number of carbonyl (C=O) groups excluding carboxylic acids is 2. The van der Waals surface area contributed by atoms with Crippen LogP contribution in [0.15, 0.2) is 29.2 Å². The van der Waals surface area contributed by atoms with E-state index in [0.717, 1.165) is 9.87 Å². The second-order valence-electron chi connectivity index (χ2n) is 6.98. The number of piperidine rings is 1. The van der Waals surface area contributed by atoms with Gasteiger partial charge in [0, 0.05) is 0 Å². The van der Waals surface area contributed by atoms with Gasteiger partial charge in [-0.05, 0) is 51.3 Å². The molecule has 2 heterocycles. The summed E-state index contributed by atoms with van der Waals surface area (Å²) in [4.78, 5) is 24.7. The summed E-state index contributed by atoms with van der Waals surface area (Å²) in [6.45, 7) is 6.54. The first kappa shape index (κ1) is 17.8. The van der Waals surface area contributed by atoms with Gasteiger partial charge in [-0.3, -0.25) is 9.59 Å². The van der Waals surface area contributed by atoms with Crippen LogP contribution in [0.2, 0.25) is 0 Å². The van der Waals surface area contributed by atoms with Crippen molar-refractivity contribution in [1.82, 2.24) is 4.31 Å². The summed E-state index contributed by atoms with van der Waals surface area (Å²) in [5.74, 6) is -2.20. The molecule has 0 spiro atoms. The van der Waals surface area contributed by atoms with Gasteiger partial charge in [-0.25, -0.2) is 12.7 Å². The van der Waals surface area contributed by atoms with Gasteiger partial charge in [0.05, 0.1) is 16.9 Å². The Bertz CT molecular complexity index is 894. The third-order valence-corrected chi connectivity index (χ3v) is 7.15. The lowest BCUT2D eigenvalue weighted by Gasteiger charge is -2.48. The Balaban J connectivity index is 2.14. The highest BCUT2D eigenvalue weighted by atomic mass is 32.2. The molecule has 7 heteroatoms. The number of Topliss-reactive ketones (excluding diaryl/α,β-unsaturated/α-hetero) is 1. The average molecular weight is 363 g/mol. The number of benzene rings is 1. The molecule has 3 atom stereocenters. The minimum atomic E-state index is -4.15. The number of nitrogens with zero attached hydrogens (tertiary/aromatic N) is 1. The van der Waals surface area contributed by atoms with E-state index in [9.17, 15) is 23.1 Å². The first-order valence-electron chi connectivity index (χ1n) is 8.09. The first-order chi connectivity index (χ1) is 11.5. The van der Waals surface area contributed by atoms with Crippen LogP contribution in [0.3, 0.4) is 0 Å². The predicted molar refractivity (Wildman–Crippen MR) is 91.4 cm³/mol. The van der Waals surface area contributed by atoms with Crippen molar-refractivity contribution in [1.29, 1.82) is 0 Å². The molecular formula is C18H21NO5S. The molecule has 1 N–H and O–H groups in total. The second kappa shape index (κ2) is 5.51. The maximum atomic E-state index is 13.2. The zero-order chi connectivity index (χ0) is 18.7. The highest BCUT2D eigenvalue weighted by Gasteiger charge is 2.59. The number of sulfonamides is 1. The van der Waals surface area contributed by atoms with Crippen molar-refractivity contribution < 1.29 is 23.1 Å². The minimum absolute atomic E-state index is 0.0791. The van der Waals surface area contributed by atoms with Crippen LogP contribution >= 0.6 is 0 Å². The van der Waals surface area contributed by atoms with Gasteiger partial charge in [-0.15, -0.1) is 0 Å². The molecule has 6 nitrogen and oxygen atoms in total. The topological polar surface area (TPSA) is 91.8 Å². The Kier molecular flexibility index (Phi) is 3.92. The van der Waals surface area contributed by atoms with Crippen LogP contribution in [0.5, 0.6) is 0 Å². The molecule has 0 unspecified atom stereocenters. The average Bonchev–Trinajstić information content (AvgIpc) is 2.46. The molecule has 1 amide bonds. The third kappa shape index (κ3) is 2.45. The zero-order valence-corrected chi connectivity index (χ0v) is 15.4. The van der Waals surface area contributed by atoms with Crippen molar-refractivity contribution >= 4 is 21.7 Å². The van der Waals surface area contributed by atoms with Crippen molar-refractivity contribution in [2.24, 2.45) is 5.92 Å². The van der Waals surface area contributed by atoms with Crippen LogP contribution in [0, 0.1) is 26.7 Å². The molecule has 1 aromatic carbocycles. The standard InChI is InChI=1S/C18H21NO5S/c1-10-7-11(2)16(12(3)8-10)25(23,24)19-14-5-6-18(22,17(19)21)15(9-14)13(4)20/h5-8,14-15,22H,9H2,1-4H3/t14-,15+,18-/m1/s1. The molecule has 2 bridgehead atoms. The molecule has 3 aliphatic rings. The monoisotopic (exact) mass is 363 g/mol. The number of aryl methyl sites for hydroxylation is 3. The van der Waals surface area contributed by atoms with Crippen LogP contribution in [0.1, 0.15) is 30.0 Å². The van der Waals surface area contributed by atoms with E-state index < -0.39 is 33.5 Å². The molecule has 1 fully saturated rings. The molecular weight excluding hydrogens is 342 g/mol. The molecule has 1 saturated heterocycles. The van der Waals surface area contributed by atoms with E-state index in [0.29, 0.717) is 11.1 Å². The van der Waals surface area contributed by atoms with Gasteiger partial charge in [0.1, 0.15) is 5.78 Å². The van der Waals surface area contributed by atoms with E-state index in [1.165, 1.54) is 19.1 Å². The van der Waals surface area contributed by atoms with Crippen molar-refractivity contribution in [3.8, 4) is 0 Å². The van der Waals surface area contributed by atoms with Gasteiger partial charge < -0.3 is 5.11 Å². The molecule has 0 radical (unpaired) electrons. The van der Waals surface area contributed by atoms with Gasteiger partial charge in [0.15, 0.2) is 5.60 Å². The number of carbonyl (C=O) groups is 2. The van der Waals surface area contributed by atoms with E-state index in [-0.39, 0.29) is 17.1 Å². The van der Waals surface area contributed by atoms with Crippen LogP contribution < -0.4 is 0 Å². The summed E-state index contributed by atoms with van der Waals surface area (Å²) >= 11 is 0. The summed E-state index contributed by atoms with van der Waals surface area (Å²) in [6.07, 6.45) is 2.85. The van der Waals surface area contributed by atoms with Gasteiger partial charge >= 0.3 is 0 Å². The highest BCUT2D eigenvalue weighted by Crippen LogP contribution is 2.42. The largest absolute Gasteiger partial charge is 0.375 e. The fourth-order valence-electron chi connectivity index (χ4n) is 4.03. The SMILES string of the molecule is CC(=O)[C@@H]1C[C@H]2C=C[C@]1(O)C(=O)N2S(=O)(=O)c1c(C)cc(C)cc1C. The Morgan fingerprint density at radius 2 is 1.80 bits per heavy atom. The van der Waals surface area contributed by atoms with Gasteiger partial charge in [-0.2, -0.15) is 0 Å². The Morgan fingerprint density at radius 3 is 2.32 bits per heavy atom. The van der Waals surface area contributed by atoms with Gasteiger partial charge in [0.25, 0.3) is 15.9 Å². The molecule has 1 aromatic rings. The summed E-state index contributed by atoms with van der Waals surface area (Å²) in [6, 6.07) is 2.73. The Labute approximate surface area is 147 Å². The van der Waals surface area contributed by atoms with E-state index in [1.54, 1.807) is 26.0 Å². The zero-order valence-electron chi connectivity index (χ0n) is 14.6. The lowest BCUT2D eigenvalue weighted by Crippen LogP contribution is -2.66. The van der Waals surface area contributed by atoms with Crippen molar-refractivity contribution in [3.63, 3.8) is 0 Å². The Hall–Kier alpha value is -1.99. The van der Waals surface area contributed by atoms with E-state index in [4.69, 9.17) is 0 Å². The van der Waals surface area contributed by atoms with Gasteiger partial charge in [0.2, 0.25) is 0 Å². The molecule has 134 valence electrons. The van der Waals surface area contributed by atoms with E-state index in [1.807, 2.05) is 6.92 Å². The summed E-state index contributed by atoms with van der Waals surface area (Å²) in [5, 5.41) is 10.7. The fraction of sp³-hybridized carbons (Fsp3) is 0.444. The lowest BCUT2D eigenvalue weighted by atomic mass is 9.72. The number of hydrogen-bond acceptors (Lipinski definition) is 5. The second-order valence-corrected chi connectivity index (χ2v) is 8.74. The summed E-state index contributed by atoms with van der Waals surface area (Å²) in [7, 11) is -4.15. The summed E-state index contributed by atoms with van der Waals surface area (Å²) in [5.41, 5.74) is -0.0764. The maximum Gasteiger partial charge on any atom is 0.273 e. The van der Waals surface area contributed by atoms with Crippen LogP contribution in [0.25, 0.3) is 0 Å². The normalized spacial score (nSPS) is 28.5. The number of hydrogen-bond donors (Lipinski definition) is 1. The molecule has 1 aliphatic carbocycles. The fourth-order valence-corrected chi connectivity index (χ4v) is 6.04. The minimum Gasteiger partial charge on any atom is -0.375 e. The number of rotatable bonds is 3. The number of ketones is 1. The quantitative estimate of drug-likeness (QED) is 0.820. The highest BCUT2D eigenvalue weighted by molar-refractivity contribution is 7.89. The predicted octanol–water partition coefficient (Wildman–Crippen LogP) is 1.41. The van der Waals surface area contributed by atoms with Crippen molar-refractivity contribution in [2.45, 2.75) is 50.7 Å². The third-order valence-electron chi connectivity index (χ3n) is 5.04. The molecule has 4 rings (SSSR count). The van der Waals surface area contributed by atoms with Crippen molar-refractivity contribution in [2.75, 3.05) is 0 Å². The Morgan fingerprint density at radius 1 is 1.24 bits per heavy atom. The van der Waals surface area contributed by atoms with E-state index >= 15 is 0 Å². The van der Waals surface area contributed by atoms with Crippen LogP contribution in [-0.4, -0.2) is 41.2 Å². The molecule has 0 aromatic heterocycles. The number of fused-ring (bicyclic) bond motifs is 2. The van der Waals surface area contributed by atoms with Crippen LogP contribution in [0.4, 0.5) is 0 Å². The lowest BCUT2D eigenvalue weighted by molar-refractivity contribution is -0.160. The molecule has 2 aliphatic heterocycles.